The molecule has 0 unspecified atom stereocenters. The van der Waals surface area contributed by atoms with E-state index in [9.17, 15) is 0 Å². The van der Waals surface area contributed by atoms with Crippen LogP contribution < -0.4 is 22.7 Å². The van der Waals surface area contributed by atoms with Gasteiger partial charge in [0.15, 0.2) is 5.82 Å². The number of nitrogens with one attached hydrogen (secondary N) is 1. The molecule has 28 heavy (non-hydrogen) atoms. The summed E-state index contributed by atoms with van der Waals surface area (Å²) in [7, 11) is 2.16. The van der Waals surface area contributed by atoms with Gasteiger partial charge in [-0.25, -0.2) is 10.8 Å². The SMILES string of the molecule is CN1CCc2cc(Cn3cc(Cc4cc(N)nc(NN)c4N)cn3)ccc2C1. The lowest BCUT2D eigenvalue weighted by Gasteiger charge is -2.25. The van der Waals surface area contributed by atoms with Gasteiger partial charge in [-0.2, -0.15) is 5.10 Å². The number of hydrogen-bond donors (Lipinski definition) is 4. The van der Waals surface area contributed by atoms with Crippen molar-refractivity contribution in [2.45, 2.75) is 25.9 Å². The predicted octanol–water partition coefficient (Wildman–Crippen LogP) is 1.36. The molecule has 2 aromatic heterocycles. The molecule has 0 spiro atoms. The van der Waals surface area contributed by atoms with Crippen LogP contribution in [0.25, 0.3) is 0 Å². The first-order valence-corrected chi connectivity index (χ1v) is 9.34. The van der Waals surface area contributed by atoms with Crippen molar-refractivity contribution in [2.24, 2.45) is 5.84 Å². The molecule has 146 valence electrons. The third-order valence-electron chi connectivity index (χ3n) is 5.20. The lowest BCUT2D eigenvalue weighted by Crippen LogP contribution is -2.26. The van der Waals surface area contributed by atoms with Crippen LogP contribution in [0.2, 0.25) is 0 Å². The molecule has 4 rings (SSSR count). The van der Waals surface area contributed by atoms with E-state index in [4.69, 9.17) is 17.3 Å². The van der Waals surface area contributed by atoms with E-state index in [1.54, 1.807) is 6.07 Å². The molecule has 1 aliphatic heterocycles. The summed E-state index contributed by atoms with van der Waals surface area (Å²) >= 11 is 0. The van der Waals surface area contributed by atoms with E-state index < -0.39 is 0 Å². The number of nitrogen functional groups attached to an aromatic ring is 3. The minimum atomic E-state index is 0.379. The van der Waals surface area contributed by atoms with Gasteiger partial charge in [0, 0.05) is 25.7 Å². The molecule has 8 nitrogen and oxygen atoms in total. The van der Waals surface area contributed by atoms with Crippen LogP contribution in [0.15, 0.2) is 36.7 Å². The molecule has 3 heterocycles. The summed E-state index contributed by atoms with van der Waals surface area (Å²) in [5, 5.41) is 4.51. The first kappa shape index (κ1) is 18.3. The fourth-order valence-electron chi connectivity index (χ4n) is 3.72. The van der Waals surface area contributed by atoms with E-state index in [0.29, 0.717) is 23.7 Å². The van der Waals surface area contributed by atoms with Crippen LogP contribution in [0.5, 0.6) is 0 Å². The first-order chi connectivity index (χ1) is 13.5. The van der Waals surface area contributed by atoms with Crippen LogP contribution in [0.1, 0.15) is 27.8 Å². The maximum absolute atomic E-state index is 6.12. The van der Waals surface area contributed by atoms with Gasteiger partial charge < -0.3 is 21.8 Å². The number of likely N-dealkylation sites (N-methyl/N-ethyl adjacent to an activating group) is 1. The Bertz CT molecular complexity index is 994. The zero-order valence-corrected chi connectivity index (χ0v) is 16.0. The van der Waals surface area contributed by atoms with Gasteiger partial charge in [0.05, 0.1) is 18.4 Å². The second kappa shape index (κ2) is 7.49. The van der Waals surface area contributed by atoms with Crippen molar-refractivity contribution < 1.29 is 0 Å². The van der Waals surface area contributed by atoms with Gasteiger partial charge in [0.25, 0.3) is 0 Å². The van der Waals surface area contributed by atoms with Gasteiger partial charge in [-0.3, -0.25) is 4.68 Å². The number of rotatable bonds is 5. The van der Waals surface area contributed by atoms with Gasteiger partial charge >= 0.3 is 0 Å². The maximum atomic E-state index is 6.12. The van der Waals surface area contributed by atoms with Gasteiger partial charge in [-0.1, -0.05) is 18.2 Å². The highest BCUT2D eigenvalue weighted by Crippen LogP contribution is 2.25. The molecule has 0 fully saturated rings. The molecule has 7 N–H and O–H groups in total. The molecular formula is C20H26N8. The second-order valence-electron chi connectivity index (χ2n) is 7.43. The van der Waals surface area contributed by atoms with Crippen molar-refractivity contribution in [1.29, 1.82) is 0 Å². The highest BCUT2D eigenvalue weighted by molar-refractivity contribution is 5.68. The van der Waals surface area contributed by atoms with Crippen molar-refractivity contribution in [1.82, 2.24) is 19.7 Å². The molecule has 0 saturated carbocycles. The lowest BCUT2D eigenvalue weighted by molar-refractivity contribution is 0.313. The van der Waals surface area contributed by atoms with E-state index >= 15 is 0 Å². The Labute approximate surface area is 164 Å². The Morgan fingerprint density at radius 3 is 2.82 bits per heavy atom. The Morgan fingerprint density at radius 1 is 1.14 bits per heavy atom. The molecule has 0 bridgehead atoms. The van der Waals surface area contributed by atoms with Crippen molar-refractivity contribution >= 4 is 17.3 Å². The summed E-state index contributed by atoms with van der Waals surface area (Å²) < 4.78 is 1.95. The zero-order chi connectivity index (χ0) is 19.7. The van der Waals surface area contributed by atoms with Crippen LogP contribution in [0.3, 0.4) is 0 Å². The molecule has 8 heteroatoms. The molecular weight excluding hydrogens is 352 g/mol. The number of aromatic nitrogens is 3. The number of fused-ring (bicyclic) bond motifs is 1. The standard InChI is InChI=1S/C20H26N8/c1-27-5-4-15-6-13(2-3-16(15)12-27)10-28-11-14(9-24-28)7-17-8-18(21)25-20(26-23)19(17)22/h2-3,6,8-9,11H,4-5,7,10,12,22-23H2,1H3,(H3,21,25,26). The van der Waals surface area contributed by atoms with E-state index in [2.05, 4.69) is 45.7 Å². The van der Waals surface area contributed by atoms with Crippen LogP contribution in [-0.2, 0) is 25.9 Å². The summed E-state index contributed by atoms with van der Waals surface area (Å²) in [6.07, 6.45) is 5.62. The predicted molar refractivity (Wildman–Crippen MR) is 111 cm³/mol. The molecule has 0 aliphatic carbocycles. The van der Waals surface area contributed by atoms with Gasteiger partial charge in [-0.05, 0) is 47.4 Å². The lowest BCUT2D eigenvalue weighted by atomic mass is 9.97. The van der Waals surface area contributed by atoms with Crippen molar-refractivity contribution in [3.8, 4) is 0 Å². The third-order valence-corrected chi connectivity index (χ3v) is 5.20. The number of nitrogens with two attached hydrogens (primary N) is 3. The van der Waals surface area contributed by atoms with Gasteiger partial charge in [0.2, 0.25) is 0 Å². The van der Waals surface area contributed by atoms with Gasteiger partial charge in [0.1, 0.15) is 5.82 Å². The van der Waals surface area contributed by atoms with Crippen molar-refractivity contribution in [3.63, 3.8) is 0 Å². The minimum Gasteiger partial charge on any atom is -0.395 e. The molecule has 0 radical (unpaired) electrons. The number of nitrogens with zero attached hydrogens (tertiary/aromatic N) is 4. The topological polar surface area (TPSA) is 124 Å². The summed E-state index contributed by atoms with van der Waals surface area (Å²) in [6, 6.07) is 8.52. The Morgan fingerprint density at radius 2 is 2.00 bits per heavy atom. The summed E-state index contributed by atoms with van der Waals surface area (Å²) in [4.78, 5) is 6.44. The summed E-state index contributed by atoms with van der Waals surface area (Å²) in [5.41, 5.74) is 21.0. The summed E-state index contributed by atoms with van der Waals surface area (Å²) in [5.74, 6) is 6.23. The monoisotopic (exact) mass is 378 g/mol. The normalized spacial score (nSPS) is 14.1. The number of hydrogen-bond acceptors (Lipinski definition) is 7. The highest BCUT2D eigenvalue weighted by Gasteiger charge is 2.14. The molecule has 0 saturated heterocycles. The fraction of sp³-hybridized carbons (Fsp3) is 0.300. The Hall–Kier alpha value is -3.10. The third kappa shape index (κ3) is 3.78. The van der Waals surface area contributed by atoms with Crippen LogP contribution in [-0.4, -0.2) is 33.3 Å². The van der Waals surface area contributed by atoms with Crippen LogP contribution in [0, 0.1) is 0 Å². The zero-order valence-electron chi connectivity index (χ0n) is 16.0. The van der Waals surface area contributed by atoms with E-state index in [-0.39, 0.29) is 0 Å². The Balaban J connectivity index is 1.49. The second-order valence-corrected chi connectivity index (χ2v) is 7.43. The van der Waals surface area contributed by atoms with E-state index in [1.165, 1.54) is 16.7 Å². The van der Waals surface area contributed by atoms with Crippen molar-refractivity contribution in [2.75, 3.05) is 30.5 Å². The molecule has 0 atom stereocenters. The first-order valence-electron chi connectivity index (χ1n) is 9.34. The van der Waals surface area contributed by atoms with E-state index in [0.717, 1.165) is 37.2 Å². The van der Waals surface area contributed by atoms with Crippen molar-refractivity contribution in [3.05, 3.63) is 64.5 Å². The number of hydrazine groups is 1. The maximum Gasteiger partial charge on any atom is 0.165 e. The quantitative estimate of drug-likeness (QED) is 0.390. The van der Waals surface area contributed by atoms with Crippen LogP contribution in [0.4, 0.5) is 17.3 Å². The molecule has 1 aliphatic rings. The average Bonchev–Trinajstić information content (AvgIpc) is 3.11. The minimum absolute atomic E-state index is 0.379. The highest BCUT2D eigenvalue weighted by atomic mass is 15.3. The number of pyridine rings is 1. The number of anilines is 3. The number of benzene rings is 1. The average molecular weight is 378 g/mol. The van der Waals surface area contributed by atoms with E-state index in [1.807, 2.05) is 17.1 Å². The summed E-state index contributed by atoms with van der Waals surface area (Å²) in [6.45, 7) is 2.88. The largest absolute Gasteiger partial charge is 0.395 e. The smallest absolute Gasteiger partial charge is 0.165 e. The van der Waals surface area contributed by atoms with Gasteiger partial charge in [-0.15, -0.1) is 0 Å². The Kier molecular flexibility index (Phi) is 4.89. The van der Waals surface area contributed by atoms with Crippen LogP contribution >= 0.6 is 0 Å². The fourth-order valence-corrected chi connectivity index (χ4v) is 3.72. The molecule has 1 aromatic carbocycles. The molecule has 0 amide bonds. The molecule has 3 aromatic rings.